The van der Waals surface area contributed by atoms with Crippen molar-refractivity contribution in [1.82, 2.24) is 4.57 Å². The van der Waals surface area contributed by atoms with Crippen LogP contribution in [0.25, 0.3) is 114 Å². The maximum atomic E-state index is 7.05. The van der Waals surface area contributed by atoms with E-state index in [2.05, 4.69) is 235 Å². The van der Waals surface area contributed by atoms with Crippen molar-refractivity contribution < 1.29 is 8.83 Å². The zero-order chi connectivity index (χ0) is 50.0. The van der Waals surface area contributed by atoms with E-state index < -0.39 is 0 Å². The lowest BCUT2D eigenvalue weighted by Gasteiger charge is -2.41. The summed E-state index contributed by atoms with van der Waals surface area (Å²) in [6, 6.07) is 62.7. The first-order valence-corrected chi connectivity index (χ1v) is 27.0. The fourth-order valence-electron chi connectivity index (χ4n) is 12.7. The molecule has 0 atom stereocenters. The number of hydrogen-bond donors (Lipinski definition) is 1. The van der Waals surface area contributed by atoms with Gasteiger partial charge in [-0.2, -0.15) is 0 Å². The molecule has 4 aromatic heterocycles. The molecule has 0 spiro atoms. The molecule has 5 heterocycles. The molecule has 1 N–H and O–H groups in total. The van der Waals surface area contributed by atoms with Crippen LogP contribution in [-0.2, 0) is 16.2 Å². The molecule has 357 valence electrons. The number of anilines is 2. The molecule has 0 bridgehead atoms. The molecule has 1 radical (unpaired) electrons. The summed E-state index contributed by atoms with van der Waals surface area (Å²) in [6.07, 6.45) is 2.36. The van der Waals surface area contributed by atoms with Crippen molar-refractivity contribution >= 4 is 116 Å². The molecule has 4 nitrogen and oxygen atoms in total. The molecule has 13 aromatic rings. The topological polar surface area (TPSA) is 43.2 Å². The standard InChI is InChI=1S/C68H54BN2O2S/c1-66(2,3)40-22-24-41(25-23-40)70-54-36-61-48(49-32-51-52(34-60(49)74-61)68(6,7)29-28-67(51,4)5)30-45(54)43-26-27-44-46-31-47-42-20-14-15-21-57(42)72-59(47)37-55(46)71-56-33-50-58(35-53(56)69-63(43)64(44)71)73-65(39-18-12-9-13-19-39)62(50)38-16-10-8-11-17-38/h8-27,30-37,70H,28-29H2,1-7H3. The number of hydrogen-bond acceptors (Lipinski definition) is 4. The minimum Gasteiger partial charge on any atom is -0.456 e. The average Bonchev–Trinajstić information content (AvgIpc) is 4.15. The summed E-state index contributed by atoms with van der Waals surface area (Å²) in [5, 5.41) is 12.4. The van der Waals surface area contributed by atoms with Crippen LogP contribution in [0.1, 0.15) is 78.0 Å². The fraction of sp³-hybridized carbons (Fsp3) is 0.176. The number of furan rings is 2. The van der Waals surface area contributed by atoms with Gasteiger partial charge < -0.3 is 18.7 Å². The first kappa shape index (κ1) is 43.8. The van der Waals surface area contributed by atoms with Gasteiger partial charge >= 0.3 is 0 Å². The number of nitrogens with zero attached hydrogens (tertiary/aromatic N) is 1. The highest BCUT2D eigenvalue weighted by Gasteiger charge is 2.38. The molecule has 0 saturated heterocycles. The van der Waals surface area contributed by atoms with Crippen LogP contribution in [0.2, 0.25) is 0 Å². The highest BCUT2D eigenvalue weighted by molar-refractivity contribution is 7.25. The maximum Gasteiger partial charge on any atom is 0.198 e. The van der Waals surface area contributed by atoms with E-state index in [0.717, 1.165) is 83.4 Å². The number of fused-ring (bicyclic) bond motifs is 13. The number of para-hydroxylation sites is 1. The van der Waals surface area contributed by atoms with Gasteiger partial charge in [-0.1, -0.05) is 157 Å². The minimum atomic E-state index is 0.0493. The second-order valence-electron chi connectivity index (χ2n) is 23.4. The van der Waals surface area contributed by atoms with Gasteiger partial charge in [-0.05, 0) is 123 Å². The smallest absolute Gasteiger partial charge is 0.198 e. The Hall–Kier alpha value is -7.80. The van der Waals surface area contributed by atoms with E-state index in [-0.39, 0.29) is 16.2 Å². The molecule has 6 heteroatoms. The van der Waals surface area contributed by atoms with E-state index in [1.165, 1.54) is 82.6 Å². The van der Waals surface area contributed by atoms with Crippen molar-refractivity contribution in [3.63, 3.8) is 0 Å². The van der Waals surface area contributed by atoms with Gasteiger partial charge in [-0.15, -0.1) is 11.3 Å². The van der Waals surface area contributed by atoms with Crippen molar-refractivity contribution in [2.45, 2.75) is 77.6 Å². The average molecular weight is 974 g/mol. The Balaban J connectivity index is 1.02. The Kier molecular flexibility index (Phi) is 9.09. The van der Waals surface area contributed by atoms with Gasteiger partial charge in [0.25, 0.3) is 0 Å². The molecule has 0 unspecified atom stereocenters. The fourth-order valence-corrected chi connectivity index (χ4v) is 13.8. The van der Waals surface area contributed by atoms with Gasteiger partial charge in [0.2, 0.25) is 0 Å². The zero-order valence-corrected chi connectivity index (χ0v) is 43.6. The third kappa shape index (κ3) is 6.46. The van der Waals surface area contributed by atoms with E-state index in [1.54, 1.807) is 0 Å². The van der Waals surface area contributed by atoms with Crippen LogP contribution < -0.4 is 16.2 Å². The summed E-state index contributed by atoms with van der Waals surface area (Å²) in [4.78, 5) is 0. The van der Waals surface area contributed by atoms with Crippen LogP contribution in [0.15, 0.2) is 179 Å². The highest BCUT2D eigenvalue weighted by Crippen LogP contribution is 2.51. The maximum absolute atomic E-state index is 7.05. The SMILES string of the molecule is CC(C)(C)c1ccc(Nc2cc3sc4cc5c(cc4c3cc2-c2ccc3c4cc6c(cc4n4c3c2[B]c2cc3oc(-c7ccccc7)c(-c7ccccc7)c3cc2-4)oc2ccccc26)C(C)(C)CCC5(C)C)cc1. The molecule has 0 amide bonds. The first-order valence-electron chi connectivity index (χ1n) is 26.2. The van der Waals surface area contributed by atoms with Crippen LogP contribution in [0.3, 0.4) is 0 Å². The van der Waals surface area contributed by atoms with Crippen LogP contribution >= 0.6 is 11.3 Å². The highest BCUT2D eigenvalue weighted by atomic mass is 32.1. The summed E-state index contributed by atoms with van der Waals surface area (Å²) >= 11 is 1.92. The number of nitrogens with one attached hydrogen (secondary N) is 1. The number of aromatic nitrogens is 1. The molecular formula is C68H54BN2O2S. The molecule has 9 aromatic carbocycles. The third-order valence-corrected chi connectivity index (χ3v) is 18.0. The van der Waals surface area contributed by atoms with Gasteiger partial charge in [-0.25, -0.2) is 0 Å². The Bertz CT molecular complexity index is 4500. The second kappa shape index (κ2) is 15.4. The van der Waals surface area contributed by atoms with E-state index in [1.807, 2.05) is 11.3 Å². The molecule has 1 aliphatic heterocycles. The molecule has 15 rings (SSSR count). The summed E-state index contributed by atoms with van der Waals surface area (Å²) in [7, 11) is 2.43. The van der Waals surface area contributed by atoms with Crippen molar-refractivity contribution in [3.8, 4) is 39.3 Å². The Morgan fingerprint density at radius 3 is 1.97 bits per heavy atom. The van der Waals surface area contributed by atoms with Gasteiger partial charge in [0.15, 0.2) is 7.28 Å². The number of rotatable bonds is 5. The van der Waals surface area contributed by atoms with Gasteiger partial charge in [0.05, 0.1) is 5.52 Å². The van der Waals surface area contributed by atoms with Crippen molar-refractivity contribution in [2.75, 3.05) is 5.32 Å². The lowest BCUT2D eigenvalue weighted by molar-refractivity contribution is 0.332. The second-order valence-corrected chi connectivity index (χ2v) is 24.5. The van der Waals surface area contributed by atoms with Gasteiger partial charge in [0, 0.05) is 92.4 Å². The molecule has 1 aliphatic carbocycles. The van der Waals surface area contributed by atoms with Crippen molar-refractivity contribution in [3.05, 3.63) is 187 Å². The van der Waals surface area contributed by atoms with Crippen molar-refractivity contribution in [2.24, 2.45) is 0 Å². The number of benzene rings is 9. The monoisotopic (exact) mass is 973 g/mol. The van der Waals surface area contributed by atoms with Crippen LogP contribution in [0.5, 0.6) is 0 Å². The van der Waals surface area contributed by atoms with Crippen molar-refractivity contribution in [1.29, 1.82) is 0 Å². The predicted molar refractivity (Wildman–Crippen MR) is 316 cm³/mol. The summed E-state index contributed by atoms with van der Waals surface area (Å²) in [6.45, 7) is 16.6. The minimum absolute atomic E-state index is 0.0493. The molecule has 0 fully saturated rings. The molecule has 0 saturated carbocycles. The van der Waals surface area contributed by atoms with E-state index in [9.17, 15) is 0 Å². The largest absolute Gasteiger partial charge is 0.456 e. The van der Waals surface area contributed by atoms with E-state index in [0.29, 0.717) is 0 Å². The summed E-state index contributed by atoms with van der Waals surface area (Å²) in [5.41, 5.74) is 20.6. The zero-order valence-electron chi connectivity index (χ0n) is 42.8. The normalized spacial score (nSPS) is 14.9. The van der Waals surface area contributed by atoms with Crippen LogP contribution in [0, 0.1) is 0 Å². The molecule has 74 heavy (non-hydrogen) atoms. The van der Waals surface area contributed by atoms with Crippen LogP contribution in [0.4, 0.5) is 11.4 Å². The quantitative estimate of drug-likeness (QED) is 0.175. The number of thiophene rings is 1. The van der Waals surface area contributed by atoms with E-state index in [4.69, 9.17) is 8.83 Å². The summed E-state index contributed by atoms with van der Waals surface area (Å²) in [5.74, 6) is 0.870. The Morgan fingerprint density at radius 2 is 1.22 bits per heavy atom. The Labute approximate surface area is 435 Å². The molecular weight excluding hydrogens is 920 g/mol. The Morgan fingerprint density at radius 1 is 0.541 bits per heavy atom. The van der Waals surface area contributed by atoms with Gasteiger partial charge in [-0.3, -0.25) is 0 Å². The predicted octanol–water partition coefficient (Wildman–Crippen LogP) is 18.2. The molecule has 2 aliphatic rings. The lowest BCUT2D eigenvalue weighted by atomic mass is 9.59. The summed E-state index contributed by atoms with van der Waals surface area (Å²) < 4.78 is 18.9. The third-order valence-electron chi connectivity index (χ3n) is 16.8. The first-order chi connectivity index (χ1) is 35.8. The lowest BCUT2D eigenvalue weighted by Crippen LogP contribution is -2.37. The van der Waals surface area contributed by atoms with Crippen LogP contribution in [-0.4, -0.2) is 11.8 Å². The van der Waals surface area contributed by atoms with Gasteiger partial charge in [0.1, 0.15) is 22.5 Å². The van der Waals surface area contributed by atoms with E-state index >= 15 is 0 Å².